The molecular formula is C24H30N4O3. The first-order valence-electron chi connectivity index (χ1n) is 10.6. The van der Waals surface area contributed by atoms with Crippen LogP contribution in [0.15, 0.2) is 59.7 Å². The Hall–Kier alpha value is -3.19. The largest absolute Gasteiger partial charge is 0.497 e. The molecule has 0 bridgehead atoms. The number of nitrogens with one attached hydrogen (secondary N) is 1. The minimum atomic E-state index is -0.196. The molecule has 0 radical (unpaired) electrons. The van der Waals surface area contributed by atoms with E-state index in [1.807, 2.05) is 42.5 Å². The molecule has 7 nitrogen and oxygen atoms in total. The molecule has 0 saturated heterocycles. The van der Waals surface area contributed by atoms with Crippen molar-refractivity contribution in [1.82, 2.24) is 15.2 Å². The van der Waals surface area contributed by atoms with Gasteiger partial charge in [0.25, 0.3) is 0 Å². The van der Waals surface area contributed by atoms with Gasteiger partial charge < -0.3 is 15.0 Å². The third kappa shape index (κ3) is 6.93. The molecule has 0 saturated carbocycles. The van der Waals surface area contributed by atoms with E-state index < -0.39 is 0 Å². The average molecular weight is 423 g/mol. The van der Waals surface area contributed by atoms with Crippen LogP contribution < -0.4 is 10.1 Å². The molecule has 3 rings (SSSR count). The van der Waals surface area contributed by atoms with Gasteiger partial charge in [-0.1, -0.05) is 30.3 Å². The molecule has 1 heterocycles. The smallest absolute Gasteiger partial charge is 0.243 e. The lowest BCUT2D eigenvalue weighted by Gasteiger charge is -2.23. The van der Waals surface area contributed by atoms with Crippen LogP contribution in [0, 0.1) is 0 Å². The minimum Gasteiger partial charge on any atom is -0.497 e. The highest BCUT2D eigenvalue weighted by molar-refractivity contribution is 6.04. The Balaban J connectivity index is 1.43. The van der Waals surface area contributed by atoms with Crippen molar-refractivity contribution < 1.29 is 14.3 Å². The topological polar surface area (TPSA) is 74.2 Å². The molecule has 31 heavy (non-hydrogen) atoms. The normalized spacial score (nSPS) is 13.8. The van der Waals surface area contributed by atoms with Gasteiger partial charge in [-0.25, -0.2) is 5.01 Å². The first-order chi connectivity index (χ1) is 15.0. The van der Waals surface area contributed by atoms with E-state index in [-0.39, 0.29) is 18.4 Å². The average Bonchev–Trinajstić information content (AvgIpc) is 2.79. The van der Waals surface area contributed by atoms with Crippen LogP contribution >= 0.6 is 0 Å². The summed E-state index contributed by atoms with van der Waals surface area (Å²) in [4.78, 5) is 26.8. The van der Waals surface area contributed by atoms with Crippen molar-refractivity contribution >= 4 is 17.5 Å². The Morgan fingerprint density at radius 3 is 2.58 bits per heavy atom. The van der Waals surface area contributed by atoms with Gasteiger partial charge in [-0.05, 0) is 55.4 Å². The van der Waals surface area contributed by atoms with E-state index in [9.17, 15) is 9.59 Å². The molecule has 0 fully saturated rings. The number of methoxy groups -OCH3 is 1. The Bertz CT molecular complexity index is 897. The number of carbonyl (C=O) groups excluding carboxylic acids is 2. The number of amides is 2. The highest BCUT2D eigenvalue weighted by Gasteiger charge is 2.23. The van der Waals surface area contributed by atoms with Crippen LogP contribution in [0.25, 0.3) is 0 Å². The highest BCUT2D eigenvalue weighted by Crippen LogP contribution is 2.18. The van der Waals surface area contributed by atoms with Crippen LogP contribution in [0.2, 0.25) is 0 Å². The summed E-state index contributed by atoms with van der Waals surface area (Å²) < 4.78 is 5.18. The summed E-state index contributed by atoms with van der Waals surface area (Å²) in [5.74, 6) is 0.440. The number of hydrazone groups is 1. The van der Waals surface area contributed by atoms with Gasteiger partial charge in [0, 0.05) is 25.9 Å². The first kappa shape index (κ1) is 22.5. The van der Waals surface area contributed by atoms with Crippen LogP contribution in [0.4, 0.5) is 0 Å². The van der Waals surface area contributed by atoms with Crippen molar-refractivity contribution in [3.8, 4) is 5.75 Å². The molecule has 0 aliphatic carbocycles. The van der Waals surface area contributed by atoms with Gasteiger partial charge in [-0.3, -0.25) is 9.59 Å². The number of rotatable bonds is 10. The lowest BCUT2D eigenvalue weighted by molar-refractivity contribution is -0.136. The molecular weight excluding hydrogens is 392 g/mol. The molecule has 0 aromatic heterocycles. The van der Waals surface area contributed by atoms with Crippen molar-refractivity contribution in [2.75, 3.05) is 33.8 Å². The summed E-state index contributed by atoms with van der Waals surface area (Å²) in [6.07, 6.45) is 1.75. The van der Waals surface area contributed by atoms with Gasteiger partial charge in [0.1, 0.15) is 12.3 Å². The zero-order valence-electron chi connectivity index (χ0n) is 18.2. The van der Waals surface area contributed by atoms with E-state index in [4.69, 9.17) is 4.74 Å². The molecule has 2 amide bonds. The van der Waals surface area contributed by atoms with Crippen LogP contribution in [-0.2, 0) is 16.1 Å². The molecule has 0 spiro atoms. The second-order valence-corrected chi connectivity index (χ2v) is 7.65. The number of ether oxygens (including phenoxy) is 1. The van der Waals surface area contributed by atoms with Crippen molar-refractivity contribution in [3.05, 3.63) is 65.7 Å². The molecule has 164 valence electrons. The Morgan fingerprint density at radius 2 is 1.87 bits per heavy atom. The van der Waals surface area contributed by atoms with Crippen LogP contribution in [0.1, 0.15) is 30.4 Å². The standard InChI is InChI=1S/C24H30N4O3/c1-27(17-19-7-4-3-5-8-19)16-6-15-25-23(29)18-28-24(30)14-13-22(26-28)20-9-11-21(31-2)12-10-20/h3-5,7-12H,6,13-18H2,1-2H3,(H,25,29). The van der Waals surface area contributed by atoms with E-state index in [0.717, 1.165) is 36.5 Å². The third-order valence-electron chi connectivity index (χ3n) is 5.16. The van der Waals surface area contributed by atoms with Crippen molar-refractivity contribution in [1.29, 1.82) is 0 Å². The summed E-state index contributed by atoms with van der Waals surface area (Å²) in [5.41, 5.74) is 3.00. The fourth-order valence-electron chi connectivity index (χ4n) is 3.46. The van der Waals surface area contributed by atoms with Gasteiger partial charge in [0.15, 0.2) is 0 Å². The first-order valence-corrected chi connectivity index (χ1v) is 10.6. The molecule has 0 atom stereocenters. The zero-order valence-corrected chi connectivity index (χ0v) is 18.2. The summed E-state index contributed by atoms with van der Waals surface area (Å²) >= 11 is 0. The number of carbonyl (C=O) groups is 2. The second kappa shape index (κ2) is 11.3. The number of hydrogen-bond donors (Lipinski definition) is 1. The summed E-state index contributed by atoms with van der Waals surface area (Å²) in [6, 6.07) is 17.8. The summed E-state index contributed by atoms with van der Waals surface area (Å²) in [5, 5.41) is 8.59. The number of hydrogen-bond acceptors (Lipinski definition) is 5. The SMILES string of the molecule is COc1ccc(C2=NN(CC(=O)NCCCN(C)Cc3ccccc3)C(=O)CC2)cc1. The van der Waals surface area contributed by atoms with Crippen molar-refractivity contribution in [2.45, 2.75) is 25.8 Å². The lowest BCUT2D eigenvalue weighted by atomic mass is 10.0. The zero-order chi connectivity index (χ0) is 22.1. The monoisotopic (exact) mass is 422 g/mol. The maximum atomic E-state index is 12.3. The van der Waals surface area contributed by atoms with Crippen LogP contribution in [-0.4, -0.2) is 61.2 Å². The fourth-order valence-corrected chi connectivity index (χ4v) is 3.46. The molecule has 1 aliphatic heterocycles. The number of benzene rings is 2. The predicted octanol–water partition coefficient (Wildman–Crippen LogP) is 2.66. The van der Waals surface area contributed by atoms with Crippen molar-refractivity contribution in [2.24, 2.45) is 5.10 Å². The van der Waals surface area contributed by atoms with Crippen LogP contribution in [0.5, 0.6) is 5.75 Å². The highest BCUT2D eigenvalue weighted by atomic mass is 16.5. The molecule has 7 heteroatoms. The van der Waals surface area contributed by atoms with Crippen molar-refractivity contribution in [3.63, 3.8) is 0 Å². The van der Waals surface area contributed by atoms with E-state index in [1.54, 1.807) is 7.11 Å². The summed E-state index contributed by atoms with van der Waals surface area (Å²) in [6.45, 7) is 2.25. The quantitative estimate of drug-likeness (QED) is 0.598. The molecule has 1 N–H and O–H groups in total. The molecule has 1 aliphatic rings. The minimum absolute atomic E-state index is 0.0572. The molecule has 2 aromatic carbocycles. The Labute approximate surface area is 183 Å². The lowest BCUT2D eigenvalue weighted by Crippen LogP contribution is -2.41. The third-order valence-corrected chi connectivity index (χ3v) is 5.16. The summed E-state index contributed by atoms with van der Waals surface area (Å²) in [7, 11) is 3.68. The molecule has 0 unspecified atom stereocenters. The van der Waals surface area contributed by atoms with E-state index in [2.05, 4.69) is 34.5 Å². The van der Waals surface area contributed by atoms with Gasteiger partial charge >= 0.3 is 0 Å². The van der Waals surface area contributed by atoms with E-state index in [1.165, 1.54) is 10.6 Å². The van der Waals surface area contributed by atoms with Crippen LogP contribution in [0.3, 0.4) is 0 Å². The Kier molecular flexibility index (Phi) is 8.18. The predicted molar refractivity (Wildman–Crippen MR) is 121 cm³/mol. The van der Waals surface area contributed by atoms with Gasteiger partial charge in [-0.2, -0.15) is 5.10 Å². The van der Waals surface area contributed by atoms with E-state index >= 15 is 0 Å². The second-order valence-electron chi connectivity index (χ2n) is 7.65. The van der Waals surface area contributed by atoms with Gasteiger partial charge in [0.2, 0.25) is 11.8 Å². The fraction of sp³-hybridized carbons (Fsp3) is 0.375. The molecule has 2 aromatic rings. The van der Waals surface area contributed by atoms with Gasteiger partial charge in [0.05, 0.1) is 12.8 Å². The maximum Gasteiger partial charge on any atom is 0.243 e. The van der Waals surface area contributed by atoms with E-state index in [0.29, 0.717) is 19.4 Å². The number of nitrogens with zero attached hydrogens (tertiary/aromatic N) is 3. The maximum absolute atomic E-state index is 12.3. The Morgan fingerprint density at radius 1 is 1.13 bits per heavy atom. The van der Waals surface area contributed by atoms with Gasteiger partial charge in [-0.15, -0.1) is 0 Å².